The number of carboxylic acid groups (broad SMARTS) is 1. The van der Waals surface area contributed by atoms with E-state index in [0.717, 1.165) is 31.2 Å². The molecule has 3 rings (SSSR count). The van der Waals surface area contributed by atoms with E-state index < -0.39 is 29.3 Å². The molecule has 190 valence electrons. The Morgan fingerprint density at radius 2 is 1.85 bits per heavy atom. The number of carbonyl (C=O) groups excluding carboxylic acids is 1. The quantitative estimate of drug-likeness (QED) is 0.443. The maximum absolute atomic E-state index is 13.3. The van der Waals surface area contributed by atoms with Crippen molar-refractivity contribution in [3.63, 3.8) is 0 Å². The van der Waals surface area contributed by atoms with Crippen LogP contribution >= 0.6 is 0 Å². The highest BCUT2D eigenvalue weighted by molar-refractivity contribution is 5.71. The highest BCUT2D eigenvalue weighted by atomic mass is 16.6. The molecule has 0 radical (unpaired) electrons. The van der Waals surface area contributed by atoms with Crippen LogP contribution in [-0.2, 0) is 25.6 Å². The van der Waals surface area contributed by atoms with Crippen LogP contribution in [0.4, 0.5) is 4.79 Å². The molecule has 7 nitrogen and oxygen atoms in total. The fraction of sp³-hybridized carbons (Fsp3) is 0.704. The zero-order valence-electron chi connectivity index (χ0n) is 21.5. The van der Waals surface area contributed by atoms with Crippen LogP contribution in [0.5, 0.6) is 0 Å². The molecule has 2 aliphatic rings. The Kier molecular flexibility index (Phi) is 7.98. The normalized spacial score (nSPS) is 24.0. The Bertz CT molecular complexity index is 842. The van der Waals surface area contributed by atoms with Crippen molar-refractivity contribution in [3.05, 3.63) is 35.9 Å². The lowest BCUT2D eigenvalue weighted by molar-refractivity contribution is -0.143. The van der Waals surface area contributed by atoms with Crippen LogP contribution in [0.15, 0.2) is 30.3 Å². The number of rotatable bonds is 10. The van der Waals surface area contributed by atoms with Crippen LogP contribution in [0.3, 0.4) is 0 Å². The molecule has 1 aromatic rings. The number of aliphatic carboxylic acids is 1. The number of carboxylic acids is 1. The van der Waals surface area contributed by atoms with Gasteiger partial charge in [0.15, 0.2) is 0 Å². The summed E-state index contributed by atoms with van der Waals surface area (Å²) in [7, 11) is 0. The molecule has 1 heterocycles. The van der Waals surface area contributed by atoms with E-state index in [1.807, 2.05) is 52.8 Å². The van der Waals surface area contributed by atoms with Gasteiger partial charge in [0.1, 0.15) is 11.3 Å². The lowest BCUT2D eigenvalue weighted by Crippen LogP contribution is -2.51. The first-order chi connectivity index (χ1) is 15.8. The van der Waals surface area contributed by atoms with Crippen molar-refractivity contribution in [1.29, 1.82) is 0 Å². The molecule has 1 aromatic carbocycles. The van der Waals surface area contributed by atoms with Crippen LogP contribution in [0.25, 0.3) is 0 Å². The fourth-order valence-corrected chi connectivity index (χ4v) is 4.84. The molecule has 1 aliphatic carbocycles. The molecule has 1 saturated carbocycles. The Morgan fingerprint density at radius 3 is 2.41 bits per heavy atom. The smallest absolute Gasteiger partial charge is 0.412 e. The fourth-order valence-electron chi connectivity index (χ4n) is 4.84. The monoisotopic (exact) mass is 475 g/mol. The third kappa shape index (κ3) is 6.95. The summed E-state index contributed by atoms with van der Waals surface area (Å²) in [5.41, 5.74) is -0.282. The molecule has 0 unspecified atom stereocenters. The van der Waals surface area contributed by atoms with Gasteiger partial charge in [0.05, 0.1) is 24.7 Å². The molecular weight excluding hydrogens is 434 g/mol. The molecular formula is C27H41NO6. The van der Waals surface area contributed by atoms with Crippen LogP contribution in [0.1, 0.15) is 79.2 Å². The van der Waals surface area contributed by atoms with Gasteiger partial charge in [-0.15, -0.1) is 0 Å². The molecule has 1 aliphatic heterocycles. The minimum absolute atomic E-state index is 0.0795. The van der Waals surface area contributed by atoms with Gasteiger partial charge in [-0.25, -0.2) is 4.79 Å². The summed E-state index contributed by atoms with van der Waals surface area (Å²) in [5, 5.41) is 9.49. The number of nitrogens with zero attached hydrogens (tertiary/aromatic N) is 1. The van der Waals surface area contributed by atoms with Crippen molar-refractivity contribution < 1.29 is 28.9 Å². The van der Waals surface area contributed by atoms with Gasteiger partial charge < -0.3 is 19.3 Å². The molecule has 7 heteroatoms. The lowest BCUT2D eigenvalue weighted by atomic mass is 9.87. The average molecular weight is 476 g/mol. The topological polar surface area (TPSA) is 85.3 Å². The van der Waals surface area contributed by atoms with Gasteiger partial charge in [-0.05, 0) is 77.7 Å². The standard InChI is InChI=1S/C27H41NO6/c1-19(23(29)30)16-22-21(28(26(5,6)33-22)24(31)34-25(2,3)4)17-27(12-13-27)14-15-32-18-20-10-8-7-9-11-20/h7-11,19,21-22H,12-18H2,1-6H3,(H,29,30)/t19-,21+,22+/m1/s1. The Labute approximate surface area is 203 Å². The highest BCUT2D eigenvalue weighted by Gasteiger charge is 2.56. The Balaban J connectivity index is 1.71. The first-order valence-corrected chi connectivity index (χ1v) is 12.4. The number of hydrogen-bond donors (Lipinski definition) is 1. The number of hydrogen-bond acceptors (Lipinski definition) is 5. The zero-order chi connectivity index (χ0) is 25.1. The number of ether oxygens (including phenoxy) is 3. The minimum Gasteiger partial charge on any atom is -0.481 e. The second-order valence-electron chi connectivity index (χ2n) is 11.5. The summed E-state index contributed by atoms with van der Waals surface area (Å²) in [6, 6.07) is 9.86. The Hall–Kier alpha value is -2.12. The molecule has 3 atom stereocenters. The van der Waals surface area contributed by atoms with Crippen molar-refractivity contribution in [2.24, 2.45) is 11.3 Å². The molecule has 0 spiro atoms. The van der Waals surface area contributed by atoms with E-state index in [1.54, 1.807) is 11.8 Å². The maximum Gasteiger partial charge on any atom is 0.412 e. The van der Waals surface area contributed by atoms with Gasteiger partial charge in [-0.1, -0.05) is 37.3 Å². The van der Waals surface area contributed by atoms with E-state index in [4.69, 9.17) is 14.2 Å². The van der Waals surface area contributed by atoms with E-state index in [1.165, 1.54) is 0 Å². The van der Waals surface area contributed by atoms with E-state index in [9.17, 15) is 14.7 Å². The van der Waals surface area contributed by atoms with Gasteiger partial charge in [0.25, 0.3) is 0 Å². The summed E-state index contributed by atoms with van der Waals surface area (Å²) in [6.45, 7) is 12.2. The van der Waals surface area contributed by atoms with E-state index in [2.05, 4.69) is 12.1 Å². The van der Waals surface area contributed by atoms with Crippen LogP contribution < -0.4 is 0 Å². The highest BCUT2D eigenvalue weighted by Crippen LogP contribution is 2.55. The van der Waals surface area contributed by atoms with Gasteiger partial charge in [-0.3, -0.25) is 9.69 Å². The summed E-state index contributed by atoms with van der Waals surface area (Å²) >= 11 is 0. The lowest BCUT2D eigenvalue weighted by Gasteiger charge is -2.36. The van der Waals surface area contributed by atoms with Crippen molar-refractivity contribution >= 4 is 12.1 Å². The first kappa shape index (κ1) is 26.5. The third-order valence-electron chi connectivity index (χ3n) is 6.87. The van der Waals surface area contributed by atoms with E-state index in [0.29, 0.717) is 19.6 Å². The summed E-state index contributed by atoms with van der Waals surface area (Å²) in [5.74, 6) is -1.42. The van der Waals surface area contributed by atoms with Gasteiger partial charge >= 0.3 is 12.1 Å². The van der Waals surface area contributed by atoms with E-state index in [-0.39, 0.29) is 17.6 Å². The second kappa shape index (κ2) is 10.2. The number of carbonyl (C=O) groups is 2. The largest absolute Gasteiger partial charge is 0.481 e. The predicted molar refractivity (Wildman–Crippen MR) is 129 cm³/mol. The second-order valence-corrected chi connectivity index (χ2v) is 11.5. The molecule has 1 N–H and O–H groups in total. The van der Waals surface area contributed by atoms with Crippen molar-refractivity contribution in [1.82, 2.24) is 4.90 Å². The molecule has 1 saturated heterocycles. The van der Waals surface area contributed by atoms with Crippen molar-refractivity contribution in [2.45, 2.75) is 104 Å². The van der Waals surface area contributed by atoms with Crippen LogP contribution in [-0.4, -0.2) is 52.1 Å². The van der Waals surface area contributed by atoms with Crippen LogP contribution in [0.2, 0.25) is 0 Å². The third-order valence-corrected chi connectivity index (χ3v) is 6.87. The van der Waals surface area contributed by atoms with Gasteiger partial charge in [-0.2, -0.15) is 0 Å². The predicted octanol–water partition coefficient (Wildman–Crippen LogP) is 5.62. The maximum atomic E-state index is 13.3. The van der Waals surface area contributed by atoms with Gasteiger partial charge in [0, 0.05) is 6.61 Å². The summed E-state index contributed by atoms with van der Waals surface area (Å²) in [4.78, 5) is 26.5. The number of benzene rings is 1. The van der Waals surface area contributed by atoms with Crippen molar-refractivity contribution in [2.75, 3.05) is 6.61 Å². The molecule has 2 fully saturated rings. The zero-order valence-corrected chi connectivity index (χ0v) is 21.5. The molecule has 1 amide bonds. The van der Waals surface area contributed by atoms with Crippen molar-refractivity contribution in [3.8, 4) is 0 Å². The minimum atomic E-state index is -0.879. The molecule has 34 heavy (non-hydrogen) atoms. The van der Waals surface area contributed by atoms with Crippen LogP contribution in [0, 0.1) is 11.3 Å². The number of amides is 1. The average Bonchev–Trinajstić information content (AvgIpc) is 3.43. The van der Waals surface area contributed by atoms with E-state index >= 15 is 0 Å². The van der Waals surface area contributed by atoms with Gasteiger partial charge in [0.2, 0.25) is 0 Å². The molecule has 0 aromatic heterocycles. The molecule has 0 bridgehead atoms. The summed E-state index contributed by atoms with van der Waals surface area (Å²) in [6.07, 6.45) is 3.37. The Morgan fingerprint density at radius 1 is 1.21 bits per heavy atom. The SMILES string of the molecule is C[C@H](C[C@@H]1OC(C)(C)N(C(=O)OC(C)(C)C)[C@H]1CC1(CCOCc2ccccc2)CC1)C(=O)O. The summed E-state index contributed by atoms with van der Waals surface area (Å²) < 4.78 is 18.0. The first-order valence-electron chi connectivity index (χ1n) is 12.4.